The Morgan fingerprint density at radius 3 is 1.35 bits per heavy atom. The maximum Gasteiger partial charge on any atom is 0.233 e. The highest BCUT2D eigenvalue weighted by molar-refractivity contribution is 8.00. The van der Waals surface area contributed by atoms with E-state index in [0.29, 0.717) is 31.0 Å². The standard InChI is InChI=1S/C41H38N6O2S2/c1-28-14-18-30(19-15-28)38-34(24-46(42-38)32-10-5-3-6-11-32)40-44(36(48)26-50-40)22-9-23-45-37(49)27-51-41(45)35-25-47(33-12-7-4-8-13-33)43-39(35)31-20-16-29(2)17-21-31/h3-8,10-21,24-25,40-41H,9,22-23,26-27H2,1-2H3/t40-,41-/m0/s1. The van der Waals surface area contributed by atoms with Crippen molar-refractivity contribution in [2.45, 2.75) is 31.0 Å². The van der Waals surface area contributed by atoms with Gasteiger partial charge in [0.05, 0.1) is 34.3 Å². The van der Waals surface area contributed by atoms with Crippen LogP contribution in [-0.4, -0.2) is 65.8 Å². The van der Waals surface area contributed by atoms with Crippen molar-refractivity contribution in [3.8, 4) is 33.9 Å². The lowest BCUT2D eigenvalue weighted by Gasteiger charge is -2.27. The number of hydrogen-bond acceptors (Lipinski definition) is 6. The number of rotatable bonds is 10. The zero-order valence-corrected chi connectivity index (χ0v) is 30.2. The number of carbonyl (C=O) groups is 2. The third kappa shape index (κ3) is 6.73. The molecule has 8 nitrogen and oxygen atoms in total. The number of carbonyl (C=O) groups excluding carboxylic acids is 2. The first-order valence-electron chi connectivity index (χ1n) is 17.2. The number of hydrogen-bond donors (Lipinski definition) is 0. The first kappa shape index (κ1) is 33.1. The van der Waals surface area contributed by atoms with Gasteiger partial charge in [0.2, 0.25) is 11.8 Å². The number of nitrogens with zero attached hydrogens (tertiary/aromatic N) is 6. The molecule has 8 rings (SSSR count). The molecule has 51 heavy (non-hydrogen) atoms. The summed E-state index contributed by atoms with van der Waals surface area (Å²) in [6, 6.07) is 37.0. The van der Waals surface area contributed by atoms with Crippen LogP contribution in [0.15, 0.2) is 122 Å². The minimum Gasteiger partial charge on any atom is -0.326 e. The van der Waals surface area contributed by atoms with Crippen molar-refractivity contribution in [3.63, 3.8) is 0 Å². The van der Waals surface area contributed by atoms with Crippen LogP contribution in [0.2, 0.25) is 0 Å². The molecule has 0 unspecified atom stereocenters. The van der Waals surface area contributed by atoms with E-state index in [2.05, 4.69) is 74.8 Å². The highest BCUT2D eigenvalue weighted by Gasteiger charge is 2.38. The van der Waals surface area contributed by atoms with Crippen LogP contribution < -0.4 is 0 Å². The number of amides is 2. The van der Waals surface area contributed by atoms with Crippen molar-refractivity contribution in [2.75, 3.05) is 24.6 Å². The lowest BCUT2D eigenvalue weighted by molar-refractivity contribution is -0.128. The smallest absolute Gasteiger partial charge is 0.233 e. The molecule has 0 saturated carbocycles. The molecule has 6 aromatic rings. The van der Waals surface area contributed by atoms with Crippen molar-refractivity contribution >= 4 is 35.3 Å². The van der Waals surface area contributed by atoms with Gasteiger partial charge < -0.3 is 9.80 Å². The van der Waals surface area contributed by atoms with Crippen molar-refractivity contribution in [3.05, 3.63) is 144 Å². The maximum absolute atomic E-state index is 13.4. The molecule has 0 N–H and O–H groups in total. The summed E-state index contributed by atoms with van der Waals surface area (Å²) in [5.41, 5.74) is 10.1. The largest absolute Gasteiger partial charge is 0.326 e. The van der Waals surface area contributed by atoms with E-state index in [-0.39, 0.29) is 22.6 Å². The zero-order chi connectivity index (χ0) is 34.9. The fourth-order valence-electron chi connectivity index (χ4n) is 6.75. The highest BCUT2D eigenvalue weighted by atomic mass is 32.2. The minimum atomic E-state index is -0.178. The van der Waals surface area contributed by atoms with Crippen LogP contribution >= 0.6 is 23.5 Å². The molecule has 0 bridgehead atoms. The van der Waals surface area contributed by atoms with E-state index in [1.54, 1.807) is 23.5 Å². The molecule has 2 fully saturated rings. The van der Waals surface area contributed by atoms with Crippen molar-refractivity contribution in [1.29, 1.82) is 0 Å². The van der Waals surface area contributed by atoms with Gasteiger partial charge >= 0.3 is 0 Å². The molecule has 0 radical (unpaired) electrons. The lowest BCUT2D eigenvalue weighted by Crippen LogP contribution is -2.34. The van der Waals surface area contributed by atoms with Gasteiger partial charge in [0.25, 0.3) is 0 Å². The molecule has 2 aromatic heterocycles. The number of aryl methyl sites for hydroxylation is 2. The summed E-state index contributed by atoms with van der Waals surface area (Å²) in [5, 5.41) is 9.73. The summed E-state index contributed by atoms with van der Waals surface area (Å²) in [5.74, 6) is 1.04. The van der Waals surface area contributed by atoms with E-state index in [1.807, 2.05) is 79.8 Å². The summed E-state index contributed by atoms with van der Waals surface area (Å²) in [6.45, 7) is 5.23. The average Bonchev–Trinajstić information content (AvgIpc) is 3.96. The summed E-state index contributed by atoms with van der Waals surface area (Å²) in [7, 11) is 0. The van der Waals surface area contributed by atoms with Gasteiger partial charge in [-0.1, -0.05) is 96.1 Å². The molecule has 2 amide bonds. The van der Waals surface area contributed by atoms with Crippen LogP contribution in [0.1, 0.15) is 39.4 Å². The molecule has 256 valence electrons. The van der Waals surface area contributed by atoms with Gasteiger partial charge in [-0.2, -0.15) is 10.2 Å². The van der Waals surface area contributed by atoms with E-state index in [1.165, 1.54) is 11.1 Å². The second-order valence-corrected chi connectivity index (χ2v) is 15.1. The molecular weight excluding hydrogens is 673 g/mol. The number of para-hydroxylation sites is 2. The normalized spacial score (nSPS) is 17.5. The van der Waals surface area contributed by atoms with E-state index >= 15 is 0 Å². The summed E-state index contributed by atoms with van der Waals surface area (Å²) < 4.78 is 3.83. The Labute approximate surface area is 306 Å². The quantitative estimate of drug-likeness (QED) is 0.143. The Hall–Kier alpha value is -5.06. The van der Waals surface area contributed by atoms with Gasteiger partial charge in [-0.15, -0.1) is 23.5 Å². The van der Waals surface area contributed by atoms with Gasteiger partial charge in [0.15, 0.2) is 0 Å². The Bertz CT molecular complexity index is 2010. The topological polar surface area (TPSA) is 76.3 Å². The van der Waals surface area contributed by atoms with Gasteiger partial charge in [-0.05, 0) is 44.5 Å². The SMILES string of the molecule is Cc1ccc(-c2nn(-c3ccccc3)cc2[C@@H]2SCC(=O)N2CCCN2C(=O)CS[C@H]2c2cn(-c3ccccc3)nc2-c2ccc(C)cc2)cc1. The Morgan fingerprint density at radius 2 is 0.961 bits per heavy atom. The van der Waals surface area contributed by atoms with Gasteiger partial charge in [-0.3, -0.25) is 9.59 Å². The highest BCUT2D eigenvalue weighted by Crippen LogP contribution is 2.45. The molecule has 2 aliphatic rings. The first-order valence-corrected chi connectivity index (χ1v) is 19.3. The summed E-state index contributed by atoms with van der Waals surface area (Å²) in [4.78, 5) is 30.8. The summed E-state index contributed by atoms with van der Waals surface area (Å²) >= 11 is 3.28. The number of aromatic nitrogens is 4. The third-order valence-electron chi connectivity index (χ3n) is 9.44. The molecule has 2 aliphatic heterocycles. The van der Waals surface area contributed by atoms with Crippen molar-refractivity contribution in [2.24, 2.45) is 0 Å². The number of thioether (sulfide) groups is 2. The van der Waals surface area contributed by atoms with Gasteiger partial charge in [-0.25, -0.2) is 9.36 Å². The Morgan fingerprint density at radius 1 is 0.569 bits per heavy atom. The predicted molar refractivity (Wildman–Crippen MR) is 206 cm³/mol. The fourth-order valence-corrected chi connectivity index (χ4v) is 9.19. The van der Waals surface area contributed by atoms with Crippen LogP contribution in [-0.2, 0) is 9.59 Å². The molecular formula is C41H38N6O2S2. The second-order valence-electron chi connectivity index (χ2n) is 13.0. The van der Waals surface area contributed by atoms with Crippen LogP contribution in [0.25, 0.3) is 33.9 Å². The van der Waals surface area contributed by atoms with Crippen molar-refractivity contribution in [1.82, 2.24) is 29.4 Å². The molecule has 0 spiro atoms. The maximum atomic E-state index is 13.4. The monoisotopic (exact) mass is 710 g/mol. The lowest BCUT2D eigenvalue weighted by atomic mass is 10.1. The molecule has 2 saturated heterocycles. The van der Waals surface area contributed by atoms with E-state index in [0.717, 1.165) is 45.0 Å². The minimum absolute atomic E-state index is 0.108. The number of benzene rings is 4. The summed E-state index contributed by atoms with van der Waals surface area (Å²) in [6.07, 6.45) is 4.80. The van der Waals surface area contributed by atoms with Crippen LogP contribution in [0.5, 0.6) is 0 Å². The van der Waals surface area contributed by atoms with Crippen LogP contribution in [0.3, 0.4) is 0 Å². The first-order chi connectivity index (χ1) is 24.9. The second kappa shape index (κ2) is 14.3. The van der Waals surface area contributed by atoms with Crippen LogP contribution in [0.4, 0.5) is 0 Å². The van der Waals surface area contributed by atoms with E-state index in [9.17, 15) is 9.59 Å². The average molecular weight is 711 g/mol. The van der Waals surface area contributed by atoms with Gasteiger partial charge in [0, 0.05) is 47.7 Å². The molecule has 10 heteroatoms. The fraction of sp³-hybridized carbons (Fsp3) is 0.220. The van der Waals surface area contributed by atoms with Gasteiger partial charge in [0.1, 0.15) is 10.7 Å². The van der Waals surface area contributed by atoms with Crippen molar-refractivity contribution < 1.29 is 9.59 Å². The van der Waals surface area contributed by atoms with E-state index < -0.39 is 0 Å². The Kier molecular flexibility index (Phi) is 9.27. The molecule has 4 aromatic carbocycles. The predicted octanol–water partition coefficient (Wildman–Crippen LogP) is 8.25. The van der Waals surface area contributed by atoms with Crippen LogP contribution in [0, 0.1) is 13.8 Å². The Balaban J connectivity index is 1.06. The third-order valence-corrected chi connectivity index (χ3v) is 11.9. The van der Waals surface area contributed by atoms with E-state index in [4.69, 9.17) is 10.2 Å². The molecule has 2 atom stereocenters. The molecule has 0 aliphatic carbocycles. The zero-order valence-electron chi connectivity index (χ0n) is 28.6. The molecule has 4 heterocycles.